The lowest BCUT2D eigenvalue weighted by atomic mass is 10.1. The largest absolute Gasteiger partial charge is 0.480 e. The van der Waals surface area contributed by atoms with Crippen molar-refractivity contribution in [3.63, 3.8) is 0 Å². The maximum Gasteiger partial charge on any atom is 0.354 e. The molecule has 0 amide bonds. The molecule has 1 unspecified atom stereocenters. The topological polar surface area (TPSA) is 79.2 Å². The van der Waals surface area contributed by atoms with Crippen molar-refractivity contribution in [2.75, 3.05) is 11.6 Å². The third-order valence-electron chi connectivity index (χ3n) is 3.32. The van der Waals surface area contributed by atoms with Gasteiger partial charge in [-0.05, 0) is 31.0 Å². The monoisotopic (exact) mass is 290 g/mol. The highest BCUT2D eigenvalue weighted by atomic mass is 16.5. The number of carbonyl (C=O) groups is 2. The van der Waals surface area contributed by atoms with E-state index < -0.39 is 18.0 Å². The molecule has 0 fully saturated rings. The molecule has 1 atom stereocenters. The summed E-state index contributed by atoms with van der Waals surface area (Å²) in [6, 6.07) is 6.59. The standard InChI is InChI=1S/C15H18N2O4/c1-3-10-5-7-11(8-6-10)17-13(14(18)19)9-12(16-17)15(20)21-4-2/h5-8,13H,3-4,9H2,1-2H3,(H,18,19). The Hall–Kier alpha value is -2.37. The van der Waals surface area contributed by atoms with Gasteiger partial charge >= 0.3 is 11.9 Å². The van der Waals surface area contributed by atoms with Crippen molar-refractivity contribution in [3.8, 4) is 0 Å². The number of esters is 1. The second-order valence-electron chi connectivity index (χ2n) is 4.69. The van der Waals surface area contributed by atoms with E-state index >= 15 is 0 Å². The summed E-state index contributed by atoms with van der Waals surface area (Å²) in [5.74, 6) is -1.57. The lowest BCUT2D eigenvalue weighted by Crippen LogP contribution is -2.34. The third-order valence-corrected chi connectivity index (χ3v) is 3.32. The number of carbonyl (C=O) groups excluding carboxylic acids is 1. The summed E-state index contributed by atoms with van der Waals surface area (Å²) in [6.45, 7) is 3.98. The maximum atomic E-state index is 11.7. The van der Waals surface area contributed by atoms with Crippen molar-refractivity contribution in [1.82, 2.24) is 0 Å². The summed E-state index contributed by atoms with van der Waals surface area (Å²) in [5.41, 5.74) is 1.95. The fourth-order valence-corrected chi connectivity index (χ4v) is 2.16. The van der Waals surface area contributed by atoms with Crippen LogP contribution in [0.1, 0.15) is 25.8 Å². The van der Waals surface area contributed by atoms with Crippen molar-refractivity contribution in [2.45, 2.75) is 32.7 Å². The highest BCUT2D eigenvalue weighted by molar-refractivity contribution is 6.38. The first kappa shape index (κ1) is 15.0. The number of hydrogen-bond donors (Lipinski definition) is 1. The van der Waals surface area contributed by atoms with Crippen molar-refractivity contribution in [1.29, 1.82) is 0 Å². The molecule has 1 N–H and O–H groups in total. The molecule has 0 saturated heterocycles. The molecule has 1 aliphatic rings. The fourth-order valence-electron chi connectivity index (χ4n) is 2.16. The maximum absolute atomic E-state index is 11.7. The number of hydrazone groups is 1. The lowest BCUT2D eigenvalue weighted by Gasteiger charge is -2.20. The number of hydrogen-bond acceptors (Lipinski definition) is 5. The number of nitrogens with zero attached hydrogens (tertiary/aromatic N) is 2. The number of benzene rings is 1. The molecule has 1 aliphatic heterocycles. The summed E-state index contributed by atoms with van der Waals surface area (Å²) < 4.78 is 4.89. The van der Waals surface area contributed by atoms with Gasteiger partial charge in [0.1, 0.15) is 5.71 Å². The van der Waals surface area contributed by atoms with E-state index in [0.717, 1.165) is 12.0 Å². The molecule has 0 saturated carbocycles. The molecule has 21 heavy (non-hydrogen) atoms. The van der Waals surface area contributed by atoms with Crippen LogP contribution in [0.4, 0.5) is 5.69 Å². The molecule has 0 bridgehead atoms. The summed E-state index contributed by atoms with van der Waals surface area (Å²) in [5, 5.41) is 14.8. The Bertz CT molecular complexity index is 566. The van der Waals surface area contributed by atoms with Gasteiger partial charge in [-0.3, -0.25) is 5.01 Å². The van der Waals surface area contributed by atoms with E-state index in [1.54, 1.807) is 6.92 Å². The second-order valence-corrected chi connectivity index (χ2v) is 4.69. The highest BCUT2D eigenvalue weighted by Gasteiger charge is 2.36. The lowest BCUT2D eigenvalue weighted by molar-refractivity contribution is -0.138. The second kappa shape index (κ2) is 6.39. The molecule has 112 valence electrons. The number of anilines is 1. The molecule has 0 aromatic heterocycles. The normalized spacial score (nSPS) is 17.5. The summed E-state index contributed by atoms with van der Waals surface area (Å²) in [6.07, 6.45) is 0.948. The fraction of sp³-hybridized carbons (Fsp3) is 0.400. The summed E-state index contributed by atoms with van der Waals surface area (Å²) in [4.78, 5) is 23.1. The van der Waals surface area contributed by atoms with Gasteiger partial charge in [0.2, 0.25) is 0 Å². The van der Waals surface area contributed by atoms with Crippen LogP contribution < -0.4 is 5.01 Å². The average Bonchev–Trinajstić information content (AvgIpc) is 2.93. The molecular weight excluding hydrogens is 272 g/mol. The van der Waals surface area contributed by atoms with Crippen LogP contribution in [0.25, 0.3) is 0 Å². The number of carboxylic acid groups (broad SMARTS) is 1. The van der Waals surface area contributed by atoms with E-state index in [0.29, 0.717) is 5.69 Å². The van der Waals surface area contributed by atoms with Crippen molar-refractivity contribution >= 4 is 23.3 Å². The Balaban J connectivity index is 2.28. The van der Waals surface area contributed by atoms with Gasteiger partial charge < -0.3 is 9.84 Å². The first-order chi connectivity index (χ1) is 10.1. The van der Waals surface area contributed by atoms with Gasteiger partial charge in [-0.25, -0.2) is 9.59 Å². The Morgan fingerprint density at radius 3 is 2.52 bits per heavy atom. The number of carboxylic acids is 1. The smallest absolute Gasteiger partial charge is 0.354 e. The molecule has 0 radical (unpaired) electrons. The van der Waals surface area contributed by atoms with Crippen LogP contribution in [0.3, 0.4) is 0 Å². The summed E-state index contributed by atoms with van der Waals surface area (Å²) >= 11 is 0. The zero-order valence-electron chi connectivity index (χ0n) is 12.1. The Labute approximate surface area is 123 Å². The van der Waals surface area contributed by atoms with E-state index in [-0.39, 0.29) is 18.7 Å². The predicted molar refractivity (Wildman–Crippen MR) is 78.4 cm³/mol. The minimum Gasteiger partial charge on any atom is -0.480 e. The molecule has 0 aliphatic carbocycles. The molecule has 6 heteroatoms. The minimum absolute atomic E-state index is 0.0453. The van der Waals surface area contributed by atoms with Crippen molar-refractivity contribution in [2.24, 2.45) is 5.10 Å². The van der Waals surface area contributed by atoms with E-state index in [1.165, 1.54) is 5.01 Å². The third kappa shape index (κ3) is 3.21. The van der Waals surface area contributed by atoms with Gasteiger partial charge in [0.05, 0.1) is 12.3 Å². The van der Waals surface area contributed by atoms with E-state index in [2.05, 4.69) is 5.10 Å². The Morgan fingerprint density at radius 2 is 2.00 bits per heavy atom. The van der Waals surface area contributed by atoms with Gasteiger partial charge in [-0.1, -0.05) is 19.1 Å². The molecular formula is C15H18N2O4. The van der Waals surface area contributed by atoms with E-state index in [4.69, 9.17) is 4.74 Å². The van der Waals surface area contributed by atoms with Gasteiger partial charge in [0.15, 0.2) is 6.04 Å². The van der Waals surface area contributed by atoms with Crippen molar-refractivity contribution < 1.29 is 19.4 Å². The average molecular weight is 290 g/mol. The highest BCUT2D eigenvalue weighted by Crippen LogP contribution is 2.25. The molecule has 0 spiro atoms. The van der Waals surface area contributed by atoms with Gasteiger partial charge in [-0.2, -0.15) is 5.10 Å². The molecule has 1 aromatic rings. The molecule has 2 rings (SSSR count). The number of aliphatic carboxylic acids is 1. The van der Waals surface area contributed by atoms with Crippen LogP contribution in [0.2, 0.25) is 0 Å². The van der Waals surface area contributed by atoms with Crippen LogP contribution in [-0.4, -0.2) is 35.4 Å². The molecule has 1 heterocycles. The van der Waals surface area contributed by atoms with Crippen LogP contribution in [-0.2, 0) is 20.7 Å². The van der Waals surface area contributed by atoms with Gasteiger partial charge in [-0.15, -0.1) is 0 Å². The Kier molecular flexibility index (Phi) is 4.57. The summed E-state index contributed by atoms with van der Waals surface area (Å²) in [7, 11) is 0. The zero-order chi connectivity index (χ0) is 15.4. The van der Waals surface area contributed by atoms with Crippen molar-refractivity contribution in [3.05, 3.63) is 29.8 Å². The zero-order valence-corrected chi connectivity index (χ0v) is 12.1. The first-order valence-corrected chi connectivity index (χ1v) is 6.92. The SMILES string of the molecule is CCOC(=O)C1=NN(c2ccc(CC)cc2)C(C(=O)O)C1. The van der Waals surface area contributed by atoms with Gasteiger partial charge in [0, 0.05) is 6.42 Å². The predicted octanol–water partition coefficient (Wildman–Crippen LogP) is 1.83. The quantitative estimate of drug-likeness (QED) is 0.837. The number of ether oxygens (including phenoxy) is 1. The first-order valence-electron chi connectivity index (χ1n) is 6.92. The van der Waals surface area contributed by atoms with E-state index in [1.807, 2.05) is 31.2 Å². The number of aryl methyl sites for hydroxylation is 1. The van der Waals surface area contributed by atoms with Crippen LogP contribution in [0.5, 0.6) is 0 Å². The molecule has 6 nitrogen and oxygen atoms in total. The van der Waals surface area contributed by atoms with Gasteiger partial charge in [0.25, 0.3) is 0 Å². The van der Waals surface area contributed by atoms with E-state index in [9.17, 15) is 14.7 Å². The molecule has 1 aromatic carbocycles. The number of rotatable bonds is 5. The minimum atomic E-state index is -1.02. The Morgan fingerprint density at radius 1 is 1.33 bits per heavy atom. The van der Waals surface area contributed by atoms with Crippen LogP contribution in [0, 0.1) is 0 Å². The van der Waals surface area contributed by atoms with Crippen LogP contribution in [0.15, 0.2) is 29.4 Å². The van der Waals surface area contributed by atoms with Crippen LogP contribution >= 0.6 is 0 Å².